The van der Waals surface area contributed by atoms with Crippen LogP contribution < -0.4 is 0 Å². The summed E-state index contributed by atoms with van der Waals surface area (Å²) in [6.45, 7) is 6.01. The molecule has 0 heterocycles. The van der Waals surface area contributed by atoms with Crippen molar-refractivity contribution < 1.29 is 5.11 Å². The maximum absolute atomic E-state index is 10.1. The van der Waals surface area contributed by atoms with Crippen molar-refractivity contribution in [3.8, 4) is 0 Å². The first kappa shape index (κ1) is 10.3. The molecule has 1 rings (SSSR count). The summed E-state index contributed by atoms with van der Waals surface area (Å²) in [5, 5.41) is 10.1. The van der Waals surface area contributed by atoms with Crippen molar-refractivity contribution in [3.63, 3.8) is 0 Å². The number of benzene rings is 1. The maximum Gasteiger partial charge on any atom is 0.0868 e. The van der Waals surface area contributed by atoms with Gasteiger partial charge < -0.3 is 5.11 Å². The molecule has 0 saturated heterocycles. The van der Waals surface area contributed by atoms with Gasteiger partial charge in [-0.1, -0.05) is 43.2 Å². The second kappa shape index (κ2) is 3.93. The quantitative estimate of drug-likeness (QED) is 0.754. The molecule has 0 aliphatic carbocycles. The third kappa shape index (κ3) is 2.56. The Bertz CT molecular complexity index is 276. The standard InChI is InChI=1S/C12H18O/c1-4-8-12(3,13)11-7-5-6-10(2)9-11/h5-7,9,13H,4,8H2,1-3H3. The van der Waals surface area contributed by atoms with Gasteiger partial charge in [0.05, 0.1) is 5.60 Å². The predicted molar refractivity (Wildman–Crippen MR) is 55.7 cm³/mol. The van der Waals surface area contributed by atoms with Crippen molar-refractivity contribution in [2.24, 2.45) is 0 Å². The summed E-state index contributed by atoms with van der Waals surface area (Å²) in [7, 11) is 0. The lowest BCUT2D eigenvalue weighted by atomic mass is 9.90. The molecular formula is C12H18O. The van der Waals surface area contributed by atoms with Crippen molar-refractivity contribution in [1.29, 1.82) is 0 Å². The van der Waals surface area contributed by atoms with E-state index in [9.17, 15) is 5.11 Å². The zero-order valence-electron chi connectivity index (χ0n) is 8.67. The van der Waals surface area contributed by atoms with Crippen LogP contribution in [0.1, 0.15) is 37.8 Å². The summed E-state index contributed by atoms with van der Waals surface area (Å²) >= 11 is 0. The second-order valence-electron chi connectivity index (χ2n) is 3.89. The van der Waals surface area contributed by atoms with Crippen LogP contribution in [0, 0.1) is 6.92 Å². The highest BCUT2D eigenvalue weighted by molar-refractivity contribution is 5.26. The molecule has 1 atom stereocenters. The zero-order chi connectivity index (χ0) is 9.90. The van der Waals surface area contributed by atoms with E-state index in [0.717, 1.165) is 18.4 Å². The first-order valence-corrected chi connectivity index (χ1v) is 4.86. The maximum atomic E-state index is 10.1. The Morgan fingerprint density at radius 2 is 2.08 bits per heavy atom. The van der Waals surface area contributed by atoms with Crippen LogP contribution in [-0.4, -0.2) is 5.11 Å². The highest BCUT2D eigenvalue weighted by Crippen LogP contribution is 2.25. The molecule has 1 nitrogen and oxygen atoms in total. The molecule has 1 heteroatoms. The molecule has 0 spiro atoms. The normalized spacial score (nSPS) is 15.4. The van der Waals surface area contributed by atoms with Gasteiger partial charge in [0.15, 0.2) is 0 Å². The van der Waals surface area contributed by atoms with Crippen molar-refractivity contribution in [3.05, 3.63) is 35.4 Å². The minimum atomic E-state index is -0.666. The Balaban J connectivity index is 2.93. The lowest BCUT2D eigenvalue weighted by molar-refractivity contribution is 0.0469. The third-order valence-electron chi connectivity index (χ3n) is 2.38. The number of aryl methyl sites for hydroxylation is 1. The molecular weight excluding hydrogens is 160 g/mol. The number of hydrogen-bond donors (Lipinski definition) is 1. The van der Waals surface area contributed by atoms with Gasteiger partial charge in [0.2, 0.25) is 0 Å². The van der Waals surface area contributed by atoms with Crippen LogP contribution in [0.25, 0.3) is 0 Å². The molecule has 1 N–H and O–H groups in total. The third-order valence-corrected chi connectivity index (χ3v) is 2.38. The Hall–Kier alpha value is -0.820. The van der Waals surface area contributed by atoms with Gasteiger partial charge in [-0.15, -0.1) is 0 Å². The van der Waals surface area contributed by atoms with Crippen LogP contribution in [-0.2, 0) is 5.60 Å². The highest BCUT2D eigenvalue weighted by Gasteiger charge is 2.21. The van der Waals surface area contributed by atoms with Crippen molar-refractivity contribution in [2.45, 2.75) is 39.2 Å². The molecule has 13 heavy (non-hydrogen) atoms. The van der Waals surface area contributed by atoms with E-state index in [2.05, 4.69) is 13.0 Å². The van der Waals surface area contributed by atoms with Gasteiger partial charge in [-0.2, -0.15) is 0 Å². The summed E-state index contributed by atoms with van der Waals surface area (Å²) in [6.07, 6.45) is 1.82. The van der Waals surface area contributed by atoms with E-state index in [-0.39, 0.29) is 0 Å². The molecule has 0 aromatic heterocycles. The van der Waals surface area contributed by atoms with Gasteiger partial charge in [-0.25, -0.2) is 0 Å². The fourth-order valence-corrected chi connectivity index (χ4v) is 1.61. The topological polar surface area (TPSA) is 20.2 Å². The molecule has 1 aromatic carbocycles. The Kier molecular flexibility index (Phi) is 3.10. The van der Waals surface area contributed by atoms with Gasteiger partial charge in [0.1, 0.15) is 0 Å². The summed E-state index contributed by atoms with van der Waals surface area (Å²) in [4.78, 5) is 0. The van der Waals surface area contributed by atoms with Crippen LogP contribution in [0.2, 0.25) is 0 Å². The molecule has 1 aromatic rings. The van der Waals surface area contributed by atoms with Crippen molar-refractivity contribution >= 4 is 0 Å². The van der Waals surface area contributed by atoms with Gasteiger partial charge in [-0.05, 0) is 25.8 Å². The van der Waals surface area contributed by atoms with Crippen molar-refractivity contribution in [2.75, 3.05) is 0 Å². The van der Waals surface area contributed by atoms with Gasteiger partial charge in [0, 0.05) is 0 Å². The zero-order valence-corrected chi connectivity index (χ0v) is 8.67. The van der Waals surface area contributed by atoms with Gasteiger partial charge in [-0.3, -0.25) is 0 Å². The minimum absolute atomic E-state index is 0.666. The summed E-state index contributed by atoms with van der Waals surface area (Å²) < 4.78 is 0. The Morgan fingerprint density at radius 1 is 1.38 bits per heavy atom. The number of aliphatic hydroxyl groups is 1. The molecule has 72 valence electrons. The Labute approximate surface area is 80.4 Å². The fourth-order valence-electron chi connectivity index (χ4n) is 1.61. The lowest BCUT2D eigenvalue weighted by Crippen LogP contribution is -2.20. The minimum Gasteiger partial charge on any atom is -0.385 e. The van der Waals surface area contributed by atoms with Crippen LogP contribution in [0.3, 0.4) is 0 Å². The molecule has 0 bridgehead atoms. The first-order chi connectivity index (χ1) is 6.06. The van der Waals surface area contributed by atoms with E-state index in [1.54, 1.807) is 0 Å². The molecule has 0 radical (unpaired) electrons. The molecule has 0 amide bonds. The average Bonchev–Trinajstić information content (AvgIpc) is 2.04. The molecule has 0 aliphatic rings. The van der Waals surface area contributed by atoms with E-state index in [4.69, 9.17) is 0 Å². The SMILES string of the molecule is CCCC(C)(O)c1cccc(C)c1. The monoisotopic (exact) mass is 178 g/mol. The molecule has 0 aliphatic heterocycles. The van der Waals surface area contributed by atoms with Crippen LogP contribution in [0.15, 0.2) is 24.3 Å². The lowest BCUT2D eigenvalue weighted by Gasteiger charge is -2.23. The van der Waals surface area contributed by atoms with Crippen molar-refractivity contribution in [1.82, 2.24) is 0 Å². The van der Waals surface area contributed by atoms with Gasteiger partial charge in [0.25, 0.3) is 0 Å². The van der Waals surface area contributed by atoms with Gasteiger partial charge >= 0.3 is 0 Å². The summed E-state index contributed by atoms with van der Waals surface area (Å²) in [5.41, 5.74) is 1.56. The Morgan fingerprint density at radius 3 is 2.62 bits per heavy atom. The van der Waals surface area contributed by atoms with E-state index in [1.807, 2.05) is 32.0 Å². The second-order valence-corrected chi connectivity index (χ2v) is 3.89. The molecule has 0 fully saturated rings. The smallest absolute Gasteiger partial charge is 0.0868 e. The van der Waals surface area contributed by atoms with Crippen LogP contribution in [0.5, 0.6) is 0 Å². The summed E-state index contributed by atoms with van der Waals surface area (Å²) in [5.74, 6) is 0. The molecule has 1 unspecified atom stereocenters. The van der Waals surface area contributed by atoms with E-state index >= 15 is 0 Å². The first-order valence-electron chi connectivity index (χ1n) is 4.86. The summed E-state index contributed by atoms with van der Waals surface area (Å²) in [6, 6.07) is 8.08. The van der Waals surface area contributed by atoms with E-state index in [1.165, 1.54) is 5.56 Å². The van der Waals surface area contributed by atoms with E-state index < -0.39 is 5.60 Å². The van der Waals surface area contributed by atoms with E-state index in [0.29, 0.717) is 0 Å². The number of hydrogen-bond acceptors (Lipinski definition) is 1. The largest absolute Gasteiger partial charge is 0.385 e. The fraction of sp³-hybridized carbons (Fsp3) is 0.500. The van der Waals surface area contributed by atoms with Crippen LogP contribution in [0.4, 0.5) is 0 Å². The predicted octanol–water partition coefficient (Wildman–Crippen LogP) is 3.00. The van der Waals surface area contributed by atoms with Crippen LogP contribution >= 0.6 is 0 Å². The average molecular weight is 178 g/mol. The highest BCUT2D eigenvalue weighted by atomic mass is 16.3. The molecule has 0 saturated carbocycles. The number of rotatable bonds is 3.